The van der Waals surface area contributed by atoms with Crippen LogP contribution in [0.15, 0.2) is 12.4 Å². The first kappa shape index (κ1) is 13.6. The summed E-state index contributed by atoms with van der Waals surface area (Å²) in [6.07, 6.45) is 7.96. The molecule has 0 aromatic carbocycles. The molecule has 0 bridgehead atoms. The smallest absolute Gasteiger partial charge is 0.0674 e. The minimum atomic E-state index is 0.402. The van der Waals surface area contributed by atoms with Crippen molar-refractivity contribution in [1.29, 1.82) is 0 Å². The summed E-state index contributed by atoms with van der Waals surface area (Å²) in [6, 6.07) is 1.06. The summed E-state index contributed by atoms with van der Waals surface area (Å²) in [6.45, 7) is 9.20. The first-order chi connectivity index (χ1) is 8.41. The van der Waals surface area contributed by atoms with Crippen molar-refractivity contribution in [2.45, 2.75) is 59.0 Å². The zero-order valence-electron chi connectivity index (χ0n) is 12.4. The highest BCUT2D eigenvalue weighted by atomic mass is 15.3. The molecule has 102 valence electrons. The molecule has 2 rings (SSSR count). The highest BCUT2D eigenvalue weighted by Crippen LogP contribution is 2.41. The van der Waals surface area contributed by atoms with Crippen LogP contribution in [-0.4, -0.2) is 22.9 Å². The lowest BCUT2D eigenvalue weighted by Gasteiger charge is -2.41. The molecule has 0 aliphatic heterocycles. The molecule has 0 radical (unpaired) electrons. The van der Waals surface area contributed by atoms with Crippen molar-refractivity contribution >= 4 is 0 Å². The summed E-state index contributed by atoms with van der Waals surface area (Å²) in [7, 11) is 2.07. The Labute approximate surface area is 111 Å². The molecular formula is C15H27N3. The van der Waals surface area contributed by atoms with Crippen LogP contribution in [-0.2, 0) is 0 Å². The number of nitrogens with zero attached hydrogens (tertiary/aromatic N) is 2. The minimum Gasteiger partial charge on any atom is -0.315 e. The number of hydrogen-bond acceptors (Lipinski definition) is 2. The molecule has 3 atom stereocenters. The average molecular weight is 249 g/mol. The molecule has 1 N–H and O–H groups in total. The van der Waals surface area contributed by atoms with Gasteiger partial charge in [-0.15, -0.1) is 0 Å². The molecule has 1 saturated carbocycles. The molecule has 3 heteroatoms. The Hall–Kier alpha value is -0.830. The molecular weight excluding hydrogens is 222 g/mol. The predicted molar refractivity (Wildman–Crippen MR) is 75.6 cm³/mol. The van der Waals surface area contributed by atoms with Crippen molar-refractivity contribution in [1.82, 2.24) is 15.1 Å². The van der Waals surface area contributed by atoms with Crippen molar-refractivity contribution in [2.24, 2.45) is 11.3 Å². The maximum absolute atomic E-state index is 4.53. The van der Waals surface area contributed by atoms with Crippen molar-refractivity contribution < 1.29 is 0 Å². The third-order valence-corrected chi connectivity index (χ3v) is 4.48. The Morgan fingerprint density at radius 1 is 1.33 bits per heavy atom. The lowest BCUT2D eigenvalue weighted by atomic mass is 9.69. The quantitative estimate of drug-likeness (QED) is 0.872. The third kappa shape index (κ3) is 2.77. The molecule has 3 unspecified atom stereocenters. The summed E-state index contributed by atoms with van der Waals surface area (Å²) < 4.78 is 2.17. The van der Waals surface area contributed by atoms with Crippen molar-refractivity contribution in [3.05, 3.63) is 18.0 Å². The molecule has 0 spiro atoms. The molecule has 1 heterocycles. The number of rotatable bonds is 2. The summed E-state index contributed by atoms with van der Waals surface area (Å²) in [5.41, 5.74) is 1.65. The van der Waals surface area contributed by atoms with Gasteiger partial charge < -0.3 is 5.32 Å². The van der Waals surface area contributed by atoms with Gasteiger partial charge in [-0.3, -0.25) is 4.68 Å². The fourth-order valence-corrected chi connectivity index (χ4v) is 3.18. The molecule has 3 nitrogen and oxygen atoms in total. The lowest BCUT2D eigenvalue weighted by Crippen LogP contribution is -2.42. The molecule has 0 saturated heterocycles. The van der Waals surface area contributed by atoms with Crippen LogP contribution in [0.2, 0.25) is 0 Å². The third-order valence-electron chi connectivity index (χ3n) is 4.48. The Morgan fingerprint density at radius 3 is 2.56 bits per heavy atom. The second-order valence-electron chi connectivity index (χ2n) is 6.84. The molecule has 0 amide bonds. The first-order valence-corrected chi connectivity index (χ1v) is 7.10. The van der Waals surface area contributed by atoms with Crippen LogP contribution < -0.4 is 5.32 Å². The van der Waals surface area contributed by atoms with Gasteiger partial charge in [-0.2, -0.15) is 5.10 Å². The van der Waals surface area contributed by atoms with E-state index in [4.69, 9.17) is 0 Å². The van der Waals surface area contributed by atoms with E-state index in [1.54, 1.807) is 0 Å². The van der Waals surface area contributed by atoms with Crippen LogP contribution in [0.25, 0.3) is 0 Å². The number of hydrogen-bond donors (Lipinski definition) is 1. The number of likely N-dealkylation sites (N-methyl/N-ethyl adjacent to an activating group) is 1. The van der Waals surface area contributed by atoms with E-state index in [2.05, 4.69) is 56.0 Å². The van der Waals surface area contributed by atoms with Crippen LogP contribution in [0.3, 0.4) is 0 Å². The summed E-state index contributed by atoms with van der Waals surface area (Å²) in [5, 5.41) is 8.00. The minimum absolute atomic E-state index is 0.402. The van der Waals surface area contributed by atoms with Crippen LogP contribution in [0.4, 0.5) is 0 Å². The SMILES string of the molecule is CNC1CCC(C(C)(C)C)CC1n1cc(C)cn1. The zero-order valence-corrected chi connectivity index (χ0v) is 12.4. The van der Waals surface area contributed by atoms with Gasteiger partial charge in [0.15, 0.2) is 0 Å². The Bertz CT molecular complexity index is 389. The van der Waals surface area contributed by atoms with E-state index < -0.39 is 0 Å². The molecule has 1 aromatic rings. The normalized spacial score (nSPS) is 29.5. The van der Waals surface area contributed by atoms with E-state index >= 15 is 0 Å². The monoisotopic (exact) mass is 249 g/mol. The van der Waals surface area contributed by atoms with Crippen LogP contribution in [0.1, 0.15) is 51.6 Å². The van der Waals surface area contributed by atoms with E-state index in [1.807, 2.05) is 6.20 Å². The Morgan fingerprint density at radius 2 is 2.06 bits per heavy atom. The number of nitrogens with one attached hydrogen (secondary N) is 1. The van der Waals surface area contributed by atoms with Gasteiger partial charge in [0, 0.05) is 12.2 Å². The second kappa shape index (κ2) is 5.04. The topological polar surface area (TPSA) is 29.9 Å². The molecule has 18 heavy (non-hydrogen) atoms. The second-order valence-corrected chi connectivity index (χ2v) is 6.84. The van der Waals surface area contributed by atoms with Crippen molar-refractivity contribution in [3.63, 3.8) is 0 Å². The van der Waals surface area contributed by atoms with Gasteiger partial charge in [-0.1, -0.05) is 20.8 Å². The standard InChI is InChI=1S/C15H27N3/c1-11-9-17-18(10-11)14-8-12(15(2,3)4)6-7-13(14)16-5/h9-10,12-14,16H,6-8H2,1-5H3. The van der Waals surface area contributed by atoms with Crippen molar-refractivity contribution in [3.8, 4) is 0 Å². The van der Waals surface area contributed by atoms with E-state index in [9.17, 15) is 0 Å². The number of aryl methyl sites for hydroxylation is 1. The lowest BCUT2D eigenvalue weighted by molar-refractivity contribution is 0.115. The van der Waals surface area contributed by atoms with Crippen LogP contribution >= 0.6 is 0 Å². The maximum atomic E-state index is 4.53. The molecule has 1 aliphatic rings. The van der Waals surface area contributed by atoms with Gasteiger partial charge in [0.25, 0.3) is 0 Å². The number of aromatic nitrogens is 2. The first-order valence-electron chi connectivity index (χ1n) is 7.10. The van der Waals surface area contributed by atoms with Gasteiger partial charge in [-0.05, 0) is 50.1 Å². The average Bonchev–Trinajstić information content (AvgIpc) is 2.73. The molecule has 1 fully saturated rings. The highest BCUT2D eigenvalue weighted by molar-refractivity contribution is 5.02. The van der Waals surface area contributed by atoms with Crippen LogP contribution in [0.5, 0.6) is 0 Å². The van der Waals surface area contributed by atoms with Gasteiger partial charge in [0.05, 0.1) is 12.2 Å². The van der Waals surface area contributed by atoms with Gasteiger partial charge in [0.2, 0.25) is 0 Å². The van der Waals surface area contributed by atoms with E-state index in [0.717, 1.165) is 5.92 Å². The van der Waals surface area contributed by atoms with E-state index in [-0.39, 0.29) is 0 Å². The van der Waals surface area contributed by atoms with Gasteiger partial charge >= 0.3 is 0 Å². The van der Waals surface area contributed by atoms with Crippen molar-refractivity contribution in [2.75, 3.05) is 7.05 Å². The predicted octanol–water partition coefficient (Wildman–Crippen LogP) is 3.17. The molecule has 1 aromatic heterocycles. The van der Waals surface area contributed by atoms with E-state index in [1.165, 1.54) is 24.8 Å². The highest BCUT2D eigenvalue weighted by Gasteiger charge is 2.36. The van der Waals surface area contributed by atoms with Crippen LogP contribution in [0, 0.1) is 18.3 Å². The fraction of sp³-hybridized carbons (Fsp3) is 0.800. The maximum Gasteiger partial charge on any atom is 0.0674 e. The summed E-state index contributed by atoms with van der Waals surface area (Å²) in [5.74, 6) is 0.789. The molecule has 1 aliphatic carbocycles. The zero-order chi connectivity index (χ0) is 13.3. The Balaban J connectivity index is 2.18. The largest absolute Gasteiger partial charge is 0.315 e. The van der Waals surface area contributed by atoms with Gasteiger partial charge in [0.1, 0.15) is 0 Å². The summed E-state index contributed by atoms with van der Waals surface area (Å²) >= 11 is 0. The van der Waals surface area contributed by atoms with Gasteiger partial charge in [-0.25, -0.2) is 0 Å². The van der Waals surface area contributed by atoms with E-state index in [0.29, 0.717) is 17.5 Å². The Kier molecular flexibility index (Phi) is 3.81. The summed E-state index contributed by atoms with van der Waals surface area (Å²) in [4.78, 5) is 0. The fourth-order valence-electron chi connectivity index (χ4n) is 3.18.